The fraction of sp³-hybridized carbons (Fsp3) is 0.200. The van der Waals surface area contributed by atoms with Gasteiger partial charge in [0, 0.05) is 12.1 Å². The molecule has 0 spiro atoms. The van der Waals surface area contributed by atoms with E-state index in [1.54, 1.807) is 0 Å². The summed E-state index contributed by atoms with van der Waals surface area (Å²) in [5.74, 6) is -1.44. The van der Waals surface area contributed by atoms with E-state index in [2.05, 4.69) is 0 Å². The minimum Gasteiger partial charge on any atom is -0.458 e. The number of hydrogen-bond donors (Lipinski definition) is 0. The van der Waals surface area contributed by atoms with Gasteiger partial charge in [-0.05, 0) is 48.9 Å². The predicted molar refractivity (Wildman–Crippen MR) is 99.4 cm³/mol. The largest absolute Gasteiger partial charge is 0.458 e. The summed E-state index contributed by atoms with van der Waals surface area (Å²) in [7, 11) is 0. The number of ether oxygens (including phenoxy) is 2. The third-order valence-electron chi connectivity index (χ3n) is 3.61. The van der Waals surface area contributed by atoms with E-state index in [1.807, 2.05) is 0 Å². The van der Waals surface area contributed by atoms with Crippen LogP contribution < -0.4 is 4.74 Å². The maximum absolute atomic E-state index is 12.9. The number of carbonyl (C=O) groups excluding carboxylic acids is 2. The quantitative estimate of drug-likeness (QED) is 0.203. The van der Waals surface area contributed by atoms with Crippen LogP contribution in [0.4, 0.5) is 18.9 Å². The monoisotopic (exact) mass is 423 g/mol. The van der Waals surface area contributed by atoms with Crippen molar-refractivity contribution in [3.8, 4) is 5.75 Å². The van der Waals surface area contributed by atoms with Gasteiger partial charge < -0.3 is 9.47 Å². The van der Waals surface area contributed by atoms with Crippen LogP contribution in [0.15, 0.2) is 54.3 Å². The molecular weight excluding hydrogens is 407 g/mol. The van der Waals surface area contributed by atoms with Gasteiger partial charge in [0.1, 0.15) is 30.3 Å². The lowest BCUT2D eigenvalue weighted by atomic mass is 10.2. The number of ketones is 1. The van der Waals surface area contributed by atoms with Gasteiger partial charge in [0.25, 0.3) is 5.69 Å². The van der Waals surface area contributed by atoms with Gasteiger partial charge in [-0.3, -0.25) is 19.7 Å². The van der Waals surface area contributed by atoms with E-state index in [-0.39, 0.29) is 17.2 Å². The molecule has 0 aliphatic rings. The fourth-order valence-electron chi connectivity index (χ4n) is 2.27. The Balaban J connectivity index is 2.27. The molecule has 10 heteroatoms. The molecule has 0 radical (unpaired) electrons. The molecule has 0 saturated heterocycles. The number of rotatable bonds is 8. The van der Waals surface area contributed by atoms with Gasteiger partial charge in [0.15, 0.2) is 0 Å². The highest BCUT2D eigenvalue weighted by Crippen LogP contribution is 2.32. The summed E-state index contributed by atoms with van der Waals surface area (Å²) >= 11 is 0. The molecule has 2 rings (SSSR count). The fourth-order valence-corrected chi connectivity index (χ4v) is 2.27. The van der Waals surface area contributed by atoms with Crippen LogP contribution in [0.25, 0.3) is 6.08 Å². The van der Waals surface area contributed by atoms with Crippen molar-refractivity contribution in [3.05, 3.63) is 75.5 Å². The molecule has 0 saturated carbocycles. The Hall–Kier alpha value is -3.69. The summed E-state index contributed by atoms with van der Waals surface area (Å²) in [6.07, 6.45) is -3.69. The first-order valence-electron chi connectivity index (χ1n) is 8.50. The zero-order valence-electron chi connectivity index (χ0n) is 15.6. The molecular formula is C20H16F3NO6. The number of Topliss-reactive ketones (excluding diaryl/α,β-unsaturated/α-hetero) is 1. The van der Waals surface area contributed by atoms with Crippen LogP contribution in [-0.4, -0.2) is 23.3 Å². The van der Waals surface area contributed by atoms with Crippen molar-refractivity contribution in [2.24, 2.45) is 0 Å². The maximum Gasteiger partial charge on any atom is 0.416 e. The number of benzene rings is 2. The summed E-state index contributed by atoms with van der Waals surface area (Å²) in [6, 6.07) is 9.35. The Bertz CT molecular complexity index is 967. The molecule has 7 nitrogen and oxygen atoms in total. The molecule has 0 amide bonds. The number of halogens is 3. The van der Waals surface area contributed by atoms with Gasteiger partial charge in [0.2, 0.25) is 0 Å². The van der Waals surface area contributed by atoms with Crippen molar-refractivity contribution in [2.45, 2.75) is 19.5 Å². The second-order valence-corrected chi connectivity index (χ2v) is 6.13. The van der Waals surface area contributed by atoms with Gasteiger partial charge in [-0.25, -0.2) is 0 Å². The molecule has 0 atom stereocenters. The standard InChI is InChI=1S/C20H16F3NO6/c1-13(25)9-19(26)29-12-18(10-14-5-7-16(8-6-14)24(27)28)30-17-4-2-3-15(11-17)20(21,22)23/h2-8,10-11H,9,12H2,1H3/b18-10+. The molecule has 0 fully saturated rings. The second kappa shape index (κ2) is 9.68. The van der Waals surface area contributed by atoms with Crippen molar-refractivity contribution >= 4 is 23.5 Å². The van der Waals surface area contributed by atoms with Gasteiger partial charge >= 0.3 is 12.1 Å². The van der Waals surface area contributed by atoms with Crippen LogP contribution in [0.1, 0.15) is 24.5 Å². The lowest BCUT2D eigenvalue weighted by Gasteiger charge is -2.13. The first kappa shape index (κ1) is 22.6. The third-order valence-corrected chi connectivity index (χ3v) is 3.61. The Morgan fingerprint density at radius 2 is 1.80 bits per heavy atom. The van der Waals surface area contributed by atoms with E-state index in [4.69, 9.17) is 9.47 Å². The minimum atomic E-state index is -4.57. The van der Waals surface area contributed by atoms with Crippen LogP contribution in [-0.2, 0) is 20.5 Å². The van der Waals surface area contributed by atoms with E-state index >= 15 is 0 Å². The van der Waals surface area contributed by atoms with E-state index in [0.29, 0.717) is 5.56 Å². The molecule has 30 heavy (non-hydrogen) atoms. The molecule has 158 valence electrons. The number of carbonyl (C=O) groups is 2. The number of nitro benzene ring substituents is 1. The number of nitro groups is 1. The van der Waals surface area contributed by atoms with E-state index < -0.39 is 41.4 Å². The van der Waals surface area contributed by atoms with Crippen LogP contribution in [0, 0.1) is 10.1 Å². The number of alkyl halides is 3. The molecule has 0 N–H and O–H groups in total. The van der Waals surface area contributed by atoms with Crippen molar-refractivity contribution in [1.29, 1.82) is 0 Å². The number of nitrogens with zero attached hydrogens (tertiary/aromatic N) is 1. The van der Waals surface area contributed by atoms with Crippen LogP contribution in [0.5, 0.6) is 5.75 Å². The maximum atomic E-state index is 12.9. The Labute approximate surface area is 168 Å². The average Bonchev–Trinajstić information content (AvgIpc) is 2.65. The van der Waals surface area contributed by atoms with E-state index in [9.17, 15) is 32.9 Å². The zero-order valence-corrected chi connectivity index (χ0v) is 15.6. The third kappa shape index (κ3) is 7.04. The van der Waals surface area contributed by atoms with E-state index in [1.165, 1.54) is 43.3 Å². The average molecular weight is 423 g/mol. The Morgan fingerprint density at radius 3 is 2.37 bits per heavy atom. The second-order valence-electron chi connectivity index (χ2n) is 6.13. The lowest BCUT2D eigenvalue weighted by Crippen LogP contribution is -2.13. The topological polar surface area (TPSA) is 95.7 Å². The van der Waals surface area contributed by atoms with Crippen molar-refractivity contribution in [2.75, 3.05) is 6.61 Å². The van der Waals surface area contributed by atoms with Crippen molar-refractivity contribution in [1.82, 2.24) is 0 Å². The highest BCUT2D eigenvalue weighted by atomic mass is 19.4. The van der Waals surface area contributed by atoms with Crippen molar-refractivity contribution in [3.63, 3.8) is 0 Å². The van der Waals surface area contributed by atoms with Crippen LogP contribution >= 0.6 is 0 Å². The summed E-state index contributed by atoms with van der Waals surface area (Å²) in [6.45, 7) is 0.743. The number of non-ortho nitro benzene ring substituents is 1. The van der Waals surface area contributed by atoms with Gasteiger partial charge in [0.05, 0.1) is 10.5 Å². The highest BCUT2D eigenvalue weighted by molar-refractivity contribution is 5.94. The zero-order chi connectivity index (χ0) is 22.3. The smallest absolute Gasteiger partial charge is 0.416 e. The molecule has 0 unspecified atom stereocenters. The summed E-state index contributed by atoms with van der Waals surface area (Å²) < 4.78 is 49.1. The van der Waals surface area contributed by atoms with Gasteiger partial charge in [-0.15, -0.1) is 0 Å². The minimum absolute atomic E-state index is 0.0416. The molecule has 0 bridgehead atoms. The number of hydrogen-bond acceptors (Lipinski definition) is 6. The lowest BCUT2D eigenvalue weighted by molar-refractivity contribution is -0.384. The van der Waals surface area contributed by atoms with Crippen LogP contribution in [0.3, 0.4) is 0 Å². The Kier molecular flexibility index (Phi) is 7.29. The number of esters is 1. The van der Waals surface area contributed by atoms with Gasteiger partial charge in [-0.2, -0.15) is 13.2 Å². The summed E-state index contributed by atoms with van der Waals surface area (Å²) in [5.41, 5.74) is -0.658. The molecule has 0 aromatic heterocycles. The normalized spacial score (nSPS) is 11.7. The predicted octanol–water partition coefficient (Wildman–Crippen LogP) is 4.56. The molecule has 0 aliphatic carbocycles. The van der Waals surface area contributed by atoms with Crippen LogP contribution in [0.2, 0.25) is 0 Å². The SMILES string of the molecule is CC(=O)CC(=O)OC/C(=C\c1ccc([N+](=O)[O-])cc1)Oc1cccc(C(F)(F)F)c1. The van der Waals surface area contributed by atoms with E-state index in [0.717, 1.165) is 18.2 Å². The molecule has 0 aliphatic heterocycles. The first-order valence-corrected chi connectivity index (χ1v) is 8.50. The molecule has 2 aromatic carbocycles. The molecule has 0 heterocycles. The van der Waals surface area contributed by atoms with Gasteiger partial charge in [-0.1, -0.05) is 6.07 Å². The van der Waals surface area contributed by atoms with Crippen molar-refractivity contribution < 1.29 is 37.2 Å². The Morgan fingerprint density at radius 1 is 1.13 bits per heavy atom. The first-order chi connectivity index (χ1) is 14.0. The summed E-state index contributed by atoms with van der Waals surface area (Å²) in [5, 5.41) is 10.7. The molecule has 2 aromatic rings. The summed E-state index contributed by atoms with van der Waals surface area (Å²) in [4.78, 5) is 32.8. The highest BCUT2D eigenvalue weighted by Gasteiger charge is 2.30.